The minimum atomic E-state index is -0.423. The molecule has 3 aromatic heterocycles. The monoisotopic (exact) mass is 491 g/mol. The summed E-state index contributed by atoms with van der Waals surface area (Å²) in [6.07, 6.45) is 6.99. The number of anilines is 1. The molecule has 3 heterocycles. The van der Waals surface area contributed by atoms with Crippen molar-refractivity contribution in [3.8, 4) is 0 Å². The Morgan fingerprint density at radius 3 is 2.82 bits per heavy atom. The lowest BCUT2D eigenvalue weighted by Crippen LogP contribution is -2.31. The summed E-state index contributed by atoms with van der Waals surface area (Å²) in [6.45, 7) is 3.32. The Hall–Kier alpha value is -3.63. The standard InChI is InChI=1S/C24H21N5O3S2/c1-2-16-5-3-6-20-22(16)26-24(34-20)28(11-4-10-27-12-9-25-15-27)23(30)21-14-17-13-18(29(31)32)7-8-19(17)33-21/h3,5-9,12-15H,2,4,10-11H2,1H3. The summed E-state index contributed by atoms with van der Waals surface area (Å²) in [5, 5.41) is 12.5. The van der Waals surface area contributed by atoms with Crippen LogP contribution in [-0.4, -0.2) is 31.9 Å². The molecule has 0 unspecified atom stereocenters. The fourth-order valence-corrected chi connectivity index (χ4v) is 5.92. The molecule has 0 aliphatic carbocycles. The molecule has 0 N–H and O–H groups in total. The Morgan fingerprint density at radius 1 is 1.18 bits per heavy atom. The van der Waals surface area contributed by atoms with Gasteiger partial charge in [-0.05, 0) is 36.6 Å². The van der Waals surface area contributed by atoms with Gasteiger partial charge in [0.25, 0.3) is 11.6 Å². The number of para-hydroxylation sites is 1. The number of rotatable bonds is 8. The van der Waals surface area contributed by atoms with Gasteiger partial charge in [0.2, 0.25) is 0 Å². The lowest BCUT2D eigenvalue weighted by Gasteiger charge is -2.19. The molecular formula is C24H21N5O3S2. The van der Waals surface area contributed by atoms with E-state index < -0.39 is 4.92 Å². The molecule has 8 nitrogen and oxygen atoms in total. The maximum atomic E-state index is 13.7. The van der Waals surface area contributed by atoms with Crippen LogP contribution in [-0.2, 0) is 13.0 Å². The van der Waals surface area contributed by atoms with Crippen molar-refractivity contribution in [3.63, 3.8) is 0 Å². The summed E-state index contributed by atoms with van der Waals surface area (Å²) >= 11 is 2.85. The highest BCUT2D eigenvalue weighted by Gasteiger charge is 2.24. The van der Waals surface area contributed by atoms with Crippen molar-refractivity contribution in [1.29, 1.82) is 0 Å². The highest BCUT2D eigenvalue weighted by Crippen LogP contribution is 2.34. The Kier molecular flexibility index (Phi) is 6.08. The summed E-state index contributed by atoms with van der Waals surface area (Å²) in [4.78, 5) is 35.6. The Balaban J connectivity index is 1.50. The van der Waals surface area contributed by atoms with Gasteiger partial charge in [0.15, 0.2) is 5.13 Å². The third-order valence-corrected chi connectivity index (χ3v) is 7.77. The van der Waals surface area contributed by atoms with E-state index >= 15 is 0 Å². The number of amides is 1. The van der Waals surface area contributed by atoms with Crippen LogP contribution in [0.25, 0.3) is 20.3 Å². The number of thiophene rings is 1. The van der Waals surface area contributed by atoms with Crippen LogP contribution in [0.5, 0.6) is 0 Å². The fourth-order valence-electron chi connectivity index (χ4n) is 3.89. The summed E-state index contributed by atoms with van der Waals surface area (Å²) in [5.41, 5.74) is 2.10. The molecule has 5 aromatic rings. The predicted molar refractivity (Wildman–Crippen MR) is 136 cm³/mol. The number of aromatic nitrogens is 3. The lowest BCUT2D eigenvalue weighted by molar-refractivity contribution is -0.384. The third kappa shape index (κ3) is 4.29. The van der Waals surface area contributed by atoms with E-state index in [0.29, 0.717) is 21.9 Å². The highest BCUT2D eigenvalue weighted by molar-refractivity contribution is 7.23. The molecule has 0 radical (unpaired) electrons. The van der Waals surface area contributed by atoms with Gasteiger partial charge in [-0.3, -0.25) is 19.8 Å². The number of hydrogen-bond acceptors (Lipinski definition) is 7. The molecular weight excluding hydrogens is 470 g/mol. The Labute approximate surface area is 203 Å². The number of nitro benzene ring substituents is 1. The van der Waals surface area contributed by atoms with Gasteiger partial charge < -0.3 is 4.57 Å². The molecule has 10 heteroatoms. The van der Waals surface area contributed by atoms with E-state index in [1.807, 2.05) is 22.9 Å². The van der Waals surface area contributed by atoms with Crippen molar-refractivity contribution in [2.75, 3.05) is 11.4 Å². The number of nitro groups is 1. The molecule has 0 aliphatic rings. The molecule has 0 spiro atoms. The molecule has 34 heavy (non-hydrogen) atoms. The number of aryl methyl sites for hydroxylation is 2. The van der Waals surface area contributed by atoms with E-state index in [2.05, 4.69) is 18.0 Å². The first-order chi connectivity index (χ1) is 16.5. The molecule has 0 bridgehead atoms. The number of carbonyl (C=O) groups is 1. The van der Waals surface area contributed by atoms with Crippen LogP contribution in [0.15, 0.2) is 61.2 Å². The average Bonchev–Trinajstić information content (AvgIpc) is 3.59. The molecule has 0 fully saturated rings. The van der Waals surface area contributed by atoms with Crippen molar-refractivity contribution >= 4 is 59.7 Å². The van der Waals surface area contributed by atoms with E-state index in [4.69, 9.17) is 4.98 Å². The third-order valence-electron chi connectivity index (χ3n) is 5.63. The number of carbonyl (C=O) groups excluding carboxylic acids is 1. The van der Waals surface area contributed by atoms with Gasteiger partial charge in [-0.15, -0.1) is 11.3 Å². The molecule has 172 valence electrons. The van der Waals surface area contributed by atoms with E-state index in [0.717, 1.165) is 39.9 Å². The minimum absolute atomic E-state index is 0.0137. The second-order valence-electron chi connectivity index (χ2n) is 7.81. The second-order valence-corrected chi connectivity index (χ2v) is 9.91. The van der Waals surface area contributed by atoms with Gasteiger partial charge in [0, 0.05) is 47.7 Å². The van der Waals surface area contributed by atoms with Crippen molar-refractivity contribution in [1.82, 2.24) is 14.5 Å². The van der Waals surface area contributed by atoms with Crippen LogP contribution in [0.4, 0.5) is 10.8 Å². The molecule has 0 aliphatic heterocycles. The van der Waals surface area contributed by atoms with Crippen LogP contribution in [0.3, 0.4) is 0 Å². The Morgan fingerprint density at radius 2 is 2.06 bits per heavy atom. The van der Waals surface area contributed by atoms with E-state index in [1.54, 1.807) is 29.6 Å². The van der Waals surface area contributed by atoms with Crippen molar-refractivity contribution in [2.45, 2.75) is 26.3 Å². The van der Waals surface area contributed by atoms with E-state index in [-0.39, 0.29) is 11.6 Å². The van der Waals surface area contributed by atoms with Crippen molar-refractivity contribution in [2.24, 2.45) is 0 Å². The lowest BCUT2D eigenvalue weighted by atomic mass is 10.1. The molecule has 5 rings (SSSR count). The van der Waals surface area contributed by atoms with Gasteiger partial charge in [0.05, 0.1) is 26.3 Å². The van der Waals surface area contributed by atoms with Crippen molar-refractivity contribution in [3.05, 3.63) is 81.7 Å². The number of fused-ring (bicyclic) bond motifs is 2. The van der Waals surface area contributed by atoms with E-state index in [9.17, 15) is 14.9 Å². The summed E-state index contributed by atoms with van der Waals surface area (Å²) in [7, 11) is 0. The number of benzene rings is 2. The molecule has 2 aromatic carbocycles. The summed E-state index contributed by atoms with van der Waals surface area (Å²) < 4.78 is 3.87. The average molecular weight is 492 g/mol. The summed E-state index contributed by atoms with van der Waals surface area (Å²) in [6, 6.07) is 12.5. The number of hydrogen-bond donors (Lipinski definition) is 0. The minimum Gasteiger partial charge on any atom is -0.337 e. The first-order valence-corrected chi connectivity index (χ1v) is 12.5. The second kappa shape index (κ2) is 9.32. The number of thiazole rings is 1. The number of imidazole rings is 1. The van der Waals surface area contributed by atoms with E-state index in [1.165, 1.54) is 34.8 Å². The zero-order chi connectivity index (χ0) is 23.7. The van der Waals surface area contributed by atoms with Gasteiger partial charge in [-0.25, -0.2) is 9.97 Å². The number of nitrogens with zero attached hydrogens (tertiary/aromatic N) is 5. The molecule has 1 amide bonds. The van der Waals surface area contributed by atoms with Crippen LogP contribution >= 0.6 is 22.7 Å². The van der Waals surface area contributed by atoms with Gasteiger partial charge in [0.1, 0.15) is 0 Å². The smallest absolute Gasteiger partial charge is 0.270 e. The fraction of sp³-hybridized carbons (Fsp3) is 0.208. The van der Waals surface area contributed by atoms with Gasteiger partial charge in [-0.2, -0.15) is 0 Å². The zero-order valence-electron chi connectivity index (χ0n) is 18.4. The first-order valence-electron chi connectivity index (χ1n) is 10.9. The van der Waals surface area contributed by atoms with Gasteiger partial charge >= 0.3 is 0 Å². The van der Waals surface area contributed by atoms with Crippen LogP contribution in [0.2, 0.25) is 0 Å². The normalized spacial score (nSPS) is 11.3. The Bertz CT molecular complexity index is 1490. The van der Waals surface area contributed by atoms with Crippen molar-refractivity contribution < 1.29 is 9.72 Å². The molecule has 0 saturated carbocycles. The van der Waals surface area contributed by atoms with Crippen LogP contribution in [0, 0.1) is 10.1 Å². The highest BCUT2D eigenvalue weighted by atomic mass is 32.1. The maximum Gasteiger partial charge on any atom is 0.270 e. The molecule has 0 saturated heterocycles. The summed E-state index contributed by atoms with van der Waals surface area (Å²) in [5.74, 6) is -0.147. The van der Waals surface area contributed by atoms with Crippen LogP contribution in [0.1, 0.15) is 28.6 Å². The van der Waals surface area contributed by atoms with Gasteiger partial charge in [-0.1, -0.05) is 30.4 Å². The maximum absolute atomic E-state index is 13.7. The largest absolute Gasteiger partial charge is 0.337 e. The quantitative estimate of drug-likeness (QED) is 0.198. The SMILES string of the molecule is CCc1cccc2sc(N(CCCn3ccnc3)C(=O)c3cc4cc([N+](=O)[O-])ccc4s3)nc12. The zero-order valence-corrected chi connectivity index (χ0v) is 20.0. The molecule has 0 atom stereocenters. The first kappa shape index (κ1) is 22.2. The topological polar surface area (TPSA) is 94.2 Å². The van der Waals surface area contributed by atoms with Crippen LogP contribution < -0.4 is 4.90 Å². The predicted octanol–water partition coefficient (Wildman–Crippen LogP) is 5.92. The number of non-ortho nitro benzene ring substituents is 1.